The Labute approximate surface area is 110 Å². The Kier molecular flexibility index (Phi) is 2.67. The molecule has 2 N–H and O–H groups in total. The van der Waals surface area contributed by atoms with Crippen molar-refractivity contribution in [3.8, 4) is 11.1 Å². The number of nitrogens with two attached hydrogens (primary N) is 1. The molecule has 3 heteroatoms. The van der Waals surface area contributed by atoms with Gasteiger partial charge in [-0.3, -0.25) is 0 Å². The van der Waals surface area contributed by atoms with Gasteiger partial charge in [-0.15, -0.1) is 0 Å². The van der Waals surface area contributed by atoms with E-state index in [0.29, 0.717) is 11.2 Å². The van der Waals surface area contributed by atoms with Gasteiger partial charge in [-0.25, -0.2) is 9.37 Å². The number of fused-ring (bicyclic) bond motifs is 1. The summed E-state index contributed by atoms with van der Waals surface area (Å²) in [6.07, 6.45) is 0. The first-order valence-corrected chi connectivity index (χ1v) is 6.07. The average molecular weight is 252 g/mol. The van der Waals surface area contributed by atoms with Crippen LogP contribution >= 0.6 is 0 Å². The lowest BCUT2D eigenvalue weighted by Crippen LogP contribution is -1.95. The zero-order valence-electron chi connectivity index (χ0n) is 10.5. The summed E-state index contributed by atoms with van der Waals surface area (Å²) >= 11 is 0. The molecule has 1 heterocycles. The van der Waals surface area contributed by atoms with Gasteiger partial charge in [0.05, 0.1) is 0 Å². The molecule has 0 amide bonds. The predicted molar refractivity (Wildman–Crippen MR) is 76.3 cm³/mol. The van der Waals surface area contributed by atoms with Crippen LogP contribution in [0.2, 0.25) is 0 Å². The number of hydrogen-bond acceptors (Lipinski definition) is 2. The van der Waals surface area contributed by atoms with E-state index < -0.39 is 0 Å². The van der Waals surface area contributed by atoms with Crippen LogP contribution in [0.15, 0.2) is 48.5 Å². The highest BCUT2D eigenvalue weighted by Crippen LogP contribution is 2.31. The van der Waals surface area contributed by atoms with Crippen LogP contribution in [0.4, 0.5) is 10.2 Å². The molecule has 3 aromatic rings. The minimum Gasteiger partial charge on any atom is -0.384 e. The van der Waals surface area contributed by atoms with E-state index in [1.54, 1.807) is 18.2 Å². The fourth-order valence-electron chi connectivity index (χ4n) is 2.36. The minimum absolute atomic E-state index is 0.208. The molecule has 0 bridgehead atoms. The Morgan fingerprint density at radius 3 is 2.32 bits per heavy atom. The molecule has 0 spiro atoms. The van der Waals surface area contributed by atoms with Crippen molar-refractivity contribution in [2.45, 2.75) is 6.92 Å². The molecule has 19 heavy (non-hydrogen) atoms. The molecular formula is C16H13FN2. The van der Waals surface area contributed by atoms with Crippen molar-refractivity contribution in [3.63, 3.8) is 0 Å². The van der Waals surface area contributed by atoms with Gasteiger partial charge in [-0.05, 0) is 36.1 Å². The van der Waals surface area contributed by atoms with Crippen LogP contribution in [0.5, 0.6) is 0 Å². The summed E-state index contributed by atoms with van der Waals surface area (Å²) in [5, 5.41) is 1.51. The Bertz CT molecular complexity index is 766. The average Bonchev–Trinajstić information content (AvgIpc) is 2.41. The fourth-order valence-corrected chi connectivity index (χ4v) is 2.36. The van der Waals surface area contributed by atoms with Gasteiger partial charge in [0.1, 0.15) is 11.6 Å². The quantitative estimate of drug-likeness (QED) is 0.712. The number of halogens is 1. The van der Waals surface area contributed by atoms with Crippen LogP contribution in [0.25, 0.3) is 21.9 Å². The van der Waals surface area contributed by atoms with E-state index in [1.807, 2.05) is 31.2 Å². The first kappa shape index (κ1) is 11.7. The molecule has 2 aromatic carbocycles. The maximum Gasteiger partial charge on any atom is 0.131 e. The first-order valence-electron chi connectivity index (χ1n) is 6.07. The van der Waals surface area contributed by atoms with Crippen LogP contribution in [-0.2, 0) is 0 Å². The fraction of sp³-hybridized carbons (Fsp3) is 0.0625. The Balaban J connectivity index is 2.34. The second-order valence-corrected chi connectivity index (χ2v) is 4.51. The number of aryl methyl sites for hydroxylation is 1. The van der Waals surface area contributed by atoms with Gasteiger partial charge >= 0.3 is 0 Å². The largest absolute Gasteiger partial charge is 0.384 e. The third-order valence-electron chi connectivity index (χ3n) is 3.27. The summed E-state index contributed by atoms with van der Waals surface area (Å²) in [7, 11) is 0. The Morgan fingerprint density at radius 1 is 0.895 bits per heavy atom. The molecule has 0 aliphatic carbocycles. The summed E-state index contributed by atoms with van der Waals surface area (Å²) in [4.78, 5) is 4.26. The third-order valence-corrected chi connectivity index (χ3v) is 3.27. The third kappa shape index (κ3) is 1.93. The Hall–Kier alpha value is -2.42. The number of pyridine rings is 1. The lowest BCUT2D eigenvalue weighted by atomic mass is 9.97. The van der Waals surface area contributed by atoms with E-state index in [1.165, 1.54) is 6.07 Å². The summed E-state index contributed by atoms with van der Waals surface area (Å²) < 4.78 is 13.8. The van der Waals surface area contributed by atoms with Crippen LogP contribution in [0.3, 0.4) is 0 Å². The number of benzene rings is 2. The van der Waals surface area contributed by atoms with Crippen LogP contribution in [0, 0.1) is 12.7 Å². The van der Waals surface area contributed by atoms with Gasteiger partial charge in [0, 0.05) is 16.6 Å². The van der Waals surface area contributed by atoms with Gasteiger partial charge in [-0.2, -0.15) is 0 Å². The number of aromatic nitrogens is 1. The van der Waals surface area contributed by atoms with Gasteiger partial charge in [0.25, 0.3) is 0 Å². The topological polar surface area (TPSA) is 38.9 Å². The minimum atomic E-state index is -0.208. The van der Waals surface area contributed by atoms with Crippen LogP contribution in [-0.4, -0.2) is 4.98 Å². The maximum atomic E-state index is 13.8. The van der Waals surface area contributed by atoms with E-state index in [2.05, 4.69) is 4.98 Å². The standard InChI is InChI=1S/C16H13FN2/c1-10-11(7-9-16(18)19-10)13-6-8-15(17)14-5-3-2-4-12(13)14/h2-9H,1H3,(H2,18,19). The first-order chi connectivity index (χ1) is 9.16. The molecule has 0 aliphatic heterocycles. The highest BCUT2D eigenvalue weighted by molar-refractivity contribution is 5.97. The SMILES string of the molecule is Cc1nc(N)ccc1-c1ccc(F)c2ccccc12. The molecule has 0 atom stereocenters. The lowest BCUT2D eigenvalue weighted by molar-refractivity contribution is 0.640. The van der Waals surface area contributed by atoms with Crippen molar-refractivity contribution in [2.24, 2.45) is 0 Å². The number of hydrogen-bond donors (Lipinski definition) is 1. The predicted octanol–water partition coefficient (Wildman–Crippen LogP) is 3.93. The number of rotatable bonds is 1. The molecule has 0 saturated heterocycles. The van der Waals surface area contributed by atoms with E-state index >= 15 is 0 Å². The van der Waals surface area contributed by atoms with Crippen molar-refractivity contribution in [2.75, 3.05) is 5.73 Å². The number of nitrogen functional groups attached to an aromatic ring is 1. The van der Waals surface area contributed by atoms with E-state index in [9.17, 15) is 4.39 Å². The highest BCUT2D eigenvalue weighted by atomic mass is 19.1. The van der Waals surface area contributed by atoms with Gasteiger partial charge in [0.15, 0.2) is 0 Å². The summed E-state index contributed by atoms with van der Waals surface area (Å²) in [5.41, 5.74) is 8.47. The zero-order valence-corrected chi connectivity index (χ0v) is 10.5. The molecule has 2 nitrogen and oxygen atoms in total. The molecule has 0 radical (unpaired) electrons. The second-order valence-electron chi connectivity index (χ2n) is 4.51. The van der Waals surface area contributed by atoms with Crippen molar-refractivity contribution in [3.05, 3.63) is 60.0 Å². The normalized spacial score (nSPS) is 10.8. The maximum absolute atomic E-state index is 13.8. The summed E-state index contributed by atoms with van der Waals surface area (Å²) in [6.45, 7) is 1.91. The van der Waals surface area contributed by atoms with E-state index in [-0.39, 0.29) is 5.82 Å². The molecule has 94 valence electrons. The lowest BCUT2D eigenvalue weighted by Gasteiger charge is -2.10. The second kappa shape index (κ2) is 4.35. The van der Waals surface area contributed by atoms with Crippen molar-refractivity contribution < 1.29 is 4.39 Å². The Morgan fingerprint density at radius 2 is 1.58 bits per heavy atom. The number of nitrogens with zero attached hydrogens (tertiary/aromatic N) is 1. The monoisotopic (exact) mass is 252 g/mol. The molecule has 3 rings (SSSR count). The van der Waals surface area contributed by atoms with Gasteiger partial charge < -0.3 is 5.73 Å². The smallest absolute Gasteiger partial charge is 0.131 e. The summed E-state index contributed by atoms with van der Waals surface area (Å²) in [5.74, 6) is 0.285. The van der Waals surface area contributed by atoms with Gasteiger partial charge in [0.2, 0.25) is 0 Å². The molecular weight excluding hydrogens is 239 g/mol. The molecule has 0 saturated carbocycles. The highest BCUT2D eigenvalue weighted by Gasteiger charge is 2.09. The van der Waals surface area contributed by atoms with E-state index in [4.69, 9.17) is 5.73 Å². The van der Waals surface area contributed by atoms with E-state index in [0.717, 1.165) is 22.2 Å². The number of anilines is 1. The van der Waals surface area contributed by atoms with Crippen molar-refractivity contribution in [1.82, 2.24) is 4.98 Å². The molecule has 0 fully saturated rings. The molecule has 0 aliphatic rings. The van der Waals surface area contributed by atoms with Crippen LogP contribution < -0.4 is 5.73 Å². The van der Waals surface area contributed by atoms with Crippen molar-refractivity contribution in [1.29, 1.82) is 0 Å². The van der Waals surface area contributed by atoms with Crippen LogP contribution in [0.1, 0.15) is 5.69 Å². The van der Waals surface area contributed by atoms with Crippen molar-refractivity contribution >= 4 is 16.6 Å². The molecule has 0 unspecified atom stereocenters. The van der Waals surface area contributed by atoms with Gasteiger partial charge in [-0.1, -0.05) is 30.3 Å². The zero-order chi connectivity index (χ0) is 13.4. The molecule has 1 aromatic heterocycles. The summed E-state index contributed by atoms with van der Waals surface area (Å²) in [6, 6.07) is 14.4.